The van der Waals surface area contributed by atoms with E-state index in [1.165, 1.54) is 0 Å². The Morgan fingerprint density at radius 2 is 2.00 bits per heavy atom. The standard InChI is InChI=1S/C12H15Br2NO2S/c1-6-5-18-10-12(13,14)9(17)15(10)7(6)8(16)11(2,3)4/h10H,5H2,1-4H3/t10-/m0/s1. The van der Waals surface area contributed by atoms with Gasteiger partial charge in [-0.15, -0.1) is 11.8 Å². The van der Waals surface area contributed by atoms with Crippen LogP contribution in [0.5, 0.6) is 0 Å². The molecule has 2 rings (SSSR count). The van der Waals surface area contributed by atoms with Crippen molar-refractivity contribution in [3.05, 3.63) is 11.3 Å². The van der Waals surface area contributed by atoms with Crippen LogP contribution in [0.3, 0.4) is 0 Å². The molecular formula is C12H15Br2NO2S. The van der Waals surface area contributed by atoms with Gasteiger partial charge in [-0.3, -0.25) is 14.5 Å². The maximum atomic E-state index is 12.5. The third kappa shape index (κ3) is 2.00. The van der Waals surface area contributed by atoms with Gasteiger partial charge in [0.25, 0.3) is 5.91 Å². The fourth-order valence-electron chi connectivity index (χ4n) is 2.00. The molecule has 0 saturated carbocycles. The molecule has 1 amide bonds. The fraction of sp³-hybridized carbons (Fsp3) is 0.667. The zero-order chi connectivity index (χ0) is 13.9. The van der Waals surface area contributed by atoms with E-state index in [0.717, 1.165) is 11.3 Å². The van der Waals surface area contributed by atoms with E-state index in [-0.39, 0.29) is 17.1 Å². The minimum absolute atomic E-state index is 0.0363. The van der Waals surface area contributed by atoms with E-state index in [0.29, 0.717) is 5.70 Å². The van der Waals surface area contributed by atoms with Crippen LogP contribution in [-0.2, 0) is 9.59 Å². The second kappa shape index (κ2) is 4.35. The van der Waals surface area contributed by atoms with Crippen molar-refractivity contribution in [1.29, 1.82) is 0 Å². The monoisotopic (exact) mass is 395 g/mol. The Hall–Kier alpha value is 0.190. The number of rotatable bonds is 1. The molecular weight excluding hydrogens is 382 g/mol. The molecule has 0 unspecified atom stereocenters. The molecule has 1 atom stereocenters. The summed E-state index contributed by atoms with van der Waals surface area (Å²) < 4.78 is -0.714. The van der Waals surface area contributed by atoms with Gasteiger partial charge >= 0.3 is 0 Å². The lowest BCUT2D eigenvalue weighted by atomic mass is 9.86. The minimum atomic E-state index is -0.714. The highest BCUT2D eigenvalue weighted by Gasteiger charge is 2.62. The number of β-lactam (4-membered cyclic amide) rings is 1. The number of ketones is 1. The molecule has 0 aliphatic carbocycles. The van der Waals surface area contributed by atoms with E-state index in [1.54, 1.807) is 16.7 Å². The molecule has 0 bridgehead atoms. The molecule has 0 N–H and O–H groups in total. The second-order valence-electron chi connectivity index (χ2n) is 5.67. The normalized spacial score (nSPS) is 26.9. The quantitative estimate of drug-likeness (QED) is 0.504. The SMILES string of the molecule is CC1=C(C(=O)C(C)(C)C)N2C(=O)C(Br)(Br)[C@@H]2SC1. The first kappa shape index (κ1) is 14.6. The predicted molar refractivity (Wildman–Crippen MR) is 80.8 cm³/mol. The molecule has 100 valence electrons. The highest BCUT2D eigenvalue weighted by Crippen LogP contribution is 2.54. The number of thioether (sulfide) groups is 1. The van der Waals surface area contributed by atoms with Gasteiger partial charge in [0.15, 0.2) is 9.02 Å². The van der Waals surface area contributed by atoms with Crippen molar-refractivity contribution >= 4 is 55.3 Å². The maximum absolute atomic E-state index is 12.5. The van der Waals surface area contributed by atoms with Gasteiger partial charge in [0.2, 0.25) is 0 Å². The van der Waals surface area contributed by atoms with Gasteiger partial charge < -0.3 is 0 Å². The van der Waals surface area contributed by atoms with Gasteiger partial charge in [0.05, 0.1) is 5.70 Å². The molecule has 2 heterocycles. The van der Waals surface area contributed by atoms with Crippen molar-refractivity contribution in [2.75, 3.05) is 5.75 Å². The van der Waals surface area contributed by atoms with Crippen LogP contribution in [0.1, 0.15) is 27.7 Å². The number of hydrogen-bond donors (Lipinski definition) is 0. The first-order valence-electron chi connectivity index (χ1n) is 5.66. The van der Waals surface area contributed by atoms with Gasteiger partial charge in [-0.25, -0.2) is 0 Å². The van der Waals surface area contributed by atoms with Crippen molar-refractivity contribution in [2.45, 2.75) is 36.3 Å². The number of hydrogen-bond acceptors (Lipinski definition) is 3. The van der Waals surface area contributed by atoms with Crippen molar-refractivity contribution in [3.63, 3.8) is 0 Å². The summed E-state index contributed by atoms with van der Waals surface area (Å²) >= 11 is 8.44. The number of nitrogens with zero attached hydrogens (tertiary/aromatic N) is 1. The van der Waals surface area contributed by atoms with Crippen LogP contribution in [0.15, 0.2) is 11.3 Å². The Balaban J connectivity index is 2.41. The third-order valence-corrected chi connectivity index (χ3v) is 6.68. The van der Waals surface area contributed by atoms with E-state index < -0.39 is 8.65 Å². The van der Waals surface area contributed by atoms with Crippen molar-refractivity contribution in [1.82, 2.24) is 4.90 Å². The number of carbonyl (C=O) groups is 2. The Kier molecular flexibility index (Phi) is 3.53. The lowest BCUT2D eigenvalue weighted by Gasteiger charge is -2.53. The highest BCUT2D eigenvalue weighted by molar-refractivity contribution is 9.26. The molecule has 2 aliphatic heterocycles. The van der Waals surface area contributed by atoms with Crippen LogP contribution in [0.4, 0.5) is 0 Å². The molecule has 0 aromatic heterocycles. The molecule has 18 heavy (non-hydrogen) atoms. The Morgan fingerprint density at radius 1 is 1.44 bits per heavy atom. The Morgan fingerprint density at radius 3 is 2.50 bits per heavy atom. The lowest BCUT2D eigenvalue weighted by Crippen LogP contribution is -2.68. The molecule has 1 fully saturated rings. The Labute approximate surface area is 128 Å². The molecule has 1 saturated heterocycles. The number of Topliss-reactive ketones (excluding diaryl/α,β-unsaturated/α-hetero) is 1. The minimum Gasteiger partial charge on any atom is -0.292 e. The Bertz CT molecular complexity index is 465. The largest absolute Gasteiger partial charge is 0.292 e. The summed E-state index contributed by atoms with van der Waals surface area (Å²) in [5, 5.41) is -0.0463. The van der Waals surface area contributed by atoms with E-state index in [9.17, 15) is 9.59 Å². The average Bonchev–Trinajstić information content (AvgIpc) is 2.25. The molecule has 0 spiro atoms. The molecule has 0 radical (unpaired) electrons. The molecule has 3 nitrogen and oxygen atoms in total. The summed E-state index contributed by atoms with van der Waals surface area (Å²) in [5.74, 6) is 0.727. The summed E-state index contributed by atoms with van der Waals surface area (Å²) in [4.78, 5) is 26.2. The van der Waals surface area contributed by atoms with Crippen LogP contribution < -0.4 is 0 Å². The number of alkyl halides is 2. The molecule has 6 heteroatoms. The summed E-state index contributed by atoms with van der Waals surface area (Å²) in [6.45, 7) is 7.57. The van der Waals surface area contributed by atoms with Gasteiger partial charge in [0.1, 0.15) is 5.37 Å². The van der Waals surface area contributed by atoms with E-state index in [2.05, 4.69) is 31.9 Å². The molecule has 0 aromatic carbocycles. The first-order valence-corrected chi connectivity index (χ1v) is 8.29. The predicted octanol–water partition coefficient (Wildman–Crippen LogP) is 3.28. The summed E-state index contributed by atoms with van der Waals surface area (Å²) in [7, 11) is 0. The summed E-state index contributed by atoms with van der Waals surface area (Å²) in [5.41, 5.74) is 1.10. The van der Waals surface area contributed by atoms with Gasteiger partial charge in [0, 0.05) is 11.2 Å². The van der Waals surface area contributed by atoms with Gasteiger partial charge in [-0.05, 0) is 12.5 Å². The number of halogens is 2. The van der Waals surface area contributed by atoms with Crippen LogP contribution in [0, 0.1) is 5.41 Å². The number of allylic oxidation sites excluding steroid dienone is 1. The first-order chi connectivity index (χ1) is 8.08. The van der Waals surface area contributed by atoms with E-state index >= 15 is 0 Å². The van der Waals surface area contributed by atoms with Crippen molar-refractivity contribution < 1.29 is 9.59 Å². The van der Waals surface area contributed by atoms with Crippen LogP contribution in [-0.4, -0.2) is 31.0 Å². The number of amides is 1. The second-order valence-corrected chi connectivity index (χ2v) is 10.3. The van der Waals surface area contributed by atoms with E-state index in [1.807, 2.05) is 27.7 Å². The van der Waals surface area contributed by atoms with Crippen molar-refractivity contribution in [3.8, 4) is 0 Å². The molecule has 2 aliphatic rings. The van der Waals surface area contributed by atoms with Gasteiger partial charge in [-0.2, -0.15) is 0 Å². The topological polar surface area (TPSA) is 37.4 Å². The van der Waals surface area contributed by atoms with Crippen LogP contribution in [0.2, 0.25) is 0 Å². The maximum Gasteiger partial charge on any atom is 0.258 e. The highest BCUT2D eigenvalue weighted by atomic mass is 79.9. The van der Waals surface area contributed by atoms with Crippen LogP contribution >= 0.6 is 43.6 Å². The lowest BCUT2D eigenvalue weighted by molar-refractivity contribution is -0.142. The average molecular weight is 397 g/mol. The number of fused-ring (bicyclic) bond motifs is 1. The summed E-state index contributed by atoms with van der Waals surface area (Å²) in [6.07, 6.45) is 0. The van der Waals surface area contributed by atoms with Crippen LogP contribution in [0.25, 0.3) is 0 Å². The molecule has 0 aromatic rings. The van der Waals surface area contributed by atoms with E-state index in [4.69, 9.17) is 0 Å². The zero-order valence-electron chi connectivity index (χ0n) is 10.7. The fourth-order valence-corrected chi connectivity index (χ4v) is 4.79. The number of carbonyl (C=O) groups excluding carboxylic acids is 2. The summed E-state index contributed by atoms with van der Waals surface area (Å²) in [6, 6.07) is 0. The van der Waals surface area contributed by atoms with Crippen molar-refractivity contribution in [2.24, 2.45) is 5.41 Å². The smallest absolute Gasteiger partial charge is 0.258 e. The zero-order valence-corrected chi connectivity index (χ0v) is 14.7. The third-order valence-electron chi connectivity index (χ3n) is 3.05. The van der Waals surface area contributed by atoms with Gasteiger partial charge in [-0.1, -0.05) is 52.6 Å².